The highest BCUT2D eigenvalue weighted by Gasteiger charge is 2.34. The van der Waals surface area contributed by atoms with Gasteiger partial charge >= 0.3 is 6.03 Å². The topological polar surface area (TPSA) is 104 Å². The van der Waals surface area contributed by atoms with Crippen molar-refractivity contribution >= 4 is 29.2 Å². The van der Waals surface area contributed by atoms with Gasteiger partial charge in [0.1, 0.15) is 5.76 Å². The van der Waals surface area contributed by atoms with Crippen molar-refractivity contribution < 1.29 is 18.8 Å². The van der Waals surface area contributed by atoms with Gasteiger partial charge in [-0.25, -0.2) is 4.79 Å². The molecule has 0 bridgehead atoms. The van der Waals surface area contributed by atoms with E-state index in [1.54, 1.807) is 47.6 Å². The highest BCUT2D eigenvalue weighted by molar-refractivity contribution is 5.98. The average molecular weight is 356 g/mol. The number of likely N-dealkylation sites (tertiary alicyclic amines) is 1. The lowest BCUT2D eigenvalue weighted by Crippen LogP contribution is -2.28. The molecule has 1 aliphatic heterocycles. The largest absolute Gasteiger partial charge is 0.467 e. The lowest BCUT2D eigenvalue weighted by molar-refractivity contribution is -0.128. The van der Waals surface area contributed by atoms with Crippen LogP contribution in [0.3, 0.4) is 0 Å². The third-order valence-corrected chi connectivity index (χ3v) is 4.13. The zero-order valence-corrected chi connectivity index (χ0v) is 14.3. The van der Waals surface area contributed by atoms with Gasteiger partial charge in [-0.1, -0.05) is 6.07 Å². The van der Waals surface area contributed by atoms with E-state index in [9.17, 15) is 14.4 Å². The molecular weight excluding hydrogens is 336 g/mol. The van der Waals surface area contributed by atoms with Crippen molar-refractivity contribution in [3.63, 3.8) is 0 Å². The molecule has 0 radical (unpaired) electrons. The summed E-state index contributed by atoms with van der Waals surface area (Å²) in [6.07, 6.45) is 1.72. The number of hydrogen-bond acceptors (Lipinski definition) is 4. The summed E-state index contributed by atoms with van der Waals surface area (Å²) in [6.45, 7) is 0.711. The van der Waals surface area contributed by atoms with E-state index in [2.05, 4.69) is 16.0 Å². The van der Waals surface area contributed by atoms with Crippen molar-refractivity contribution in [3.05, 3.63) is 48.4 Å². The van der Waals surface area contributed by atoms with Crippen LogP contribution < -0.4 is 16.0 Å². The fraction of sp³-hybridized carbons (Fsp3) is 0.278. The normalized spacial score (nSPS) is 16.4. The Kier molecular flexibility index (Phi) is 5.21. The highest BCUT2D eigenvalue weighted by atomic mass is 16.3. The van der Waals surface area contributed by atoms with E-state index in [0.717, 1.165) is 0 Å². The Morgan fingerprint density at radius 2 is 1.96 bits per heavy atom. The van der Waals surface area contributed by atoms with E-state index in [4.69, 9.17) is 4.42 Å². The minimum Gasteiger partial charge on any atom is -0.467 e. The third kappa shape index (κ3) is 4.21. The van der Waals surface area contributed by atoms with Gasteiger partial charge in [-0.3, -0.25) is 9.59 Å². The Balaban J connectivity index is 1.59. The molecule has 1 aromatic carbocycles. The van der Waals surface area contributed by atoms with E-state index in [1.807, 2.05) is 0 Å². The van der Waals surface area contributed by atoms with Crippen LogP contribution in [0, 0.1) is 5.92 Å². The highest BCUT2D eigenvalue weighted by Crippen LogP contribution is 2.23. The molecule has 1 unspecified atom stereocenters. The van der Waals surface area contributed by atoms with Gasteiger partial charge in [0.05, 0.1) is 18.7 Å². The maximum absolute atomic E-state index is 12.5. The average Bonchev–Trinajstić information content (AvgIpc) is 3.26. The molecule has 0 saturated carbocycles. The van der Waals surface area contributed by atoms with Crippen LogP contribution in [0.25, 0.3) is 0 Å². The van der Waals surface area contributed by atoms with Crippen molar-refractivity contribution in [1.29, 1.82) is 0 Å². The van der Waals surface area contributed by atoms with Crippen LogP contribution >= 0.6 is 0 Å². The molecule has 1 atom stereocenters. The third-order valence-electron chi connectivity index (χ3n) is 4.13. The van der Waals surface area contributed by atoms with Crippen molar-refractivity contribution in [2.45, 2.75) is 13.0 Å². The first-order valence-electron chi connectivity index (χ1n) is 8.25. The lowest BCUT2D eigenvalue weighted by atomic mass is 10.1. The fourth-order valence-corrected chi connectivity index (χ4v) is 2.80. The van der Waals surface area contributed by atoms with E-state index in [1.165, 1.54) is 7.05 Å². The van der Waals surface area contributed by atoms with Gasteiger partial charge in [0.15, 0.2) is 0 Å². The van der Waals surface area contributed by atoms with Crippen LogP contribution in [0.5, 0.6) is 0 Å². The predicted octanol–water partition coefficient (Wildman–Crippen LogP) is 2.02. The number of anilines is 2. The summed E-state index contributed by atoms with van der Waals surface area (Å²) in [5.74, 6) is -0.0330. The number of carbonyl (C=O) groups excluding carboxylic acids is 3. The molecule has 2 aromatic rings. The van der Waals surface area contributed by atoms with E-state index in [-0.39, 0.29) is 24.3 Å². The molecule has 3 N–H and O–H groups in total. The molecule has 136 valence electrons. The number of benzene rings is 1. The van der Waals surface area contributed by atoms with E-state index < -0.39 is 5.92 Å². The molecule has 26 heavy (non-hydrogen) atoms. The number of nitrogens with one attached hydrogen (secondary N) is 3. The van der Waals surface area contributed by atoms with Crippen molar-refractivity contribution in [1.82, 2.24) is 10.2 Å². The van der Waals surface area contributed by atoms with Crippen LogP contribution in [-0.4, -0.2) is 36.3 Å². The molecular formula is C18H20N4O4. The molecule has 8 heteroatoms. The number of amides is 4. The zero-order valence-electron chi connectivity index (χ0n) is 14.3. The summed E-state index contributed by atoms with van der Waals surface area (Å²) >= 11 is 0. The standard InChI is InChI=1S/C18H20N4O4/c1-19-18(25)21-14-5-2-4-13(9-14)20-17(24)12-8-16(23)22(10-12)11-15-6-3-7-26-15/h2-7,9,12H,8,10-11H2,1H3,(H,20,24)(H2,19,21,25). The first-order valence-corrected chi connectivity index (χ1v) is 8.25. The van der Waals surface area contributed by atoms with E-state index in [0.29, 0.717) is 30.2 Å². The summed E-state index contributed by atoms with van der Waals surface area (Å²) in [5.41, 5.74) is 1.12. The minimum atomic E-state index is -0.423. The van der Waals surface area contributed by atoms with Crippen molar-refractivity contribution in [2.24, 2.45) is 5.92 Å². The first-order chi connectivity index (χ1) is 12.5. The second kappa shape index (κ2) is 7.73. The zero-order chi connectivity index (χ0) is 18.5. The maximum Gasteiger partial charge on any atom is 0.318 e. The van der Waals surface area contributed by atoms with Crippen LogP contribution in [0.1, 0.15) is 12.2 Å². The van der Waals surface area contributed by atoms with Crippen LogP contribution in [0.4, 0.5) is 16.2 Å². The number of carbonyl (C=O) groups is 3. The maximum atomic E-state index is 12.5. The second-order valence-electron chi connectivity index (χ2n) is 6.03. The molecule has 1 aromatic heterocycles. The Bertz CT molecular complexity index is 803. The summed E-state index contributed by atoms with van der Waals surface area (Å²) in [7, 11) is 1.52. The summed E-state index contributed by atoms with van der Waals surface area (Å²) in [5, 5.41) is 7.90. The van der Waals surface area contributed by atoms with Crippen molar-refractivity contribution in [3.8, 4) is 0 Å². The van der Waals surface area contributed by atoms with Crippen molar-refractivity contribution in [2.75, 3.05) is 24.2 Å². The molecule has 8 nitrogen and oxygen atoms in total. The second-order valence-corrected chi connectivity index (χ2v) is 6.03. The monoisotopic (exact) mass is 356 g/mol. The number of nitrogens with zero attached hydrogens (tertiary/aromatic N) is 1. The molecule has 0 spiro atoms. The number of furan rings is 1. The van der Waals surface area contributed by atoms with Gasteiger partial charge in [0, 0.05) is 31.4 Å². The van der Waals surface area contributed by atoms with Crippen LogP contribution in [-0.2, 0) is 16.1 Å². The minimum absolute atomic E-state index is 0.0726. The lowest BCUT2D eigenvalue weighted by Gasteiger charge is -2.15. The van der Waals surface area contributed by atoms with Gasteiger partial charge in [-0.2, -0.15) is 0 Å². The fourth-order valence-electron chi connectivity index (χ4n) is 2.80. The molecule has 2 heterocycles. The van der Waals surface area contributed by atoms with E-state index >= 15 is 0 Å². The molecule has 0 aliphatic carbocycles. The van der Waals surface area contributed by atoms with Gasteiger partial charge in [0.25, 0.3) is 0 Å². The molecule has 1 aliphatic rings. The molecule has 4 amide bonds. The SMILES string of the molecule is CNC(=O)Nc1cccc(NC(=O)C2CC(=O)N(Cc3ccco3)C2)c1. The Morgan fingerprint density at radius 3 is 2.65 bits per heavy atom. The first kappa shape index (κ1) is 17.5. The Morgan fingerprint density at radius 1 is 1.19 bits per heavy atom. The number of hydrogen-bond donors (Lipinski definition) is 3. The molecule has 1 fully saturated rings. The summed E-state index contributed by atoms with van der Waals surface area (Å²) in [4.78, 5) is 37.6. The van der Waals surface area contributed by atoms with Crippen LogP contribution in [0.15, 0.2) is 47.1 Å². The van der Waals surface area contributed by atoms with Gasteiger partial charge in [0.2, 0.25) is 11.8 Å². The number of rotatable bonds is 5. The van der Waals surface area contributed by atoms with Gasteiger partial charge < -0.3 is 25.3 Å². The van der Waals surface area contributed by atoms with Crippen LogP contribution in [0.2, 0.25) is 0 Å². The predicted molar refractivity (Wildman–Crippen MR) is 95.4 cm³/mol. The summed E-state index contributed by atoms with van der Waals surface area (Å²) in [6, 6.07) is 10.0. The summed E-state index contributed by atoms with van der Waals surface area (Å²) < 4.78 is 5.26. The Labute approximate surface area is 150 Å². The smallest absolute Gasteiger partial charge is 0.318 e. The molecule has 3 rings (SSSR count). The molecule has 1 saturated heterocycles. The Hall–Kier alpha value is -3.29. The quantitative estimate of drug-likeness (QED) is 0.762. The number of urea groups is 1. The van der Waals surface area contributed by atoms with Gasteiger partial charge in [-0.05, 0) is 30.3 Å². The van der Waals surface area contributed by atoms with Gasteiger partial charge in [-0.15, -0.1) is 0 Å².